The molecular weight excluding hydrogens is 272 g/mol. The van der Waals surface area contributed by atoms with Crippen molar-refractivity contribution in [2.24, 2.45) is 0 Å². The zero-order valence-corrected chi connectivity index (χ0v) is 12.7. The Morgan fingerprint density at radius 1 is 1.40 bits per heavy atom. The molecule has 1 aromatic heterocycles. The lowest BCUT2D eigenvalue weighted by Crippen LogP contribution is -2.26. The number of aromatic nitrogens is 1. The fourth-order valence-corrected chi connectivity index (χ4v) is 2.54. The number of carbonyl (C=O) groups excluding carboxylic acids is 1. The molecule has 1 aromatic carbocycles. The third-order valence-electron chi connectivity index (χ3n) is 3.04. The highest BCUT2D eigenvalue weighted by Crippen LogP contribution is 2.28. The van der Waals surface area contributed by atoms with Crippen molar-refractivity contribution in [3.05, 3.63) is 47.8 Å². The van der Waals surface area contributed by atoms with Crippen LogP contribution in [0.25, 0.3) is 0 Å². The van der Waals surface area contributed by atoms with Crippen LogP contribution in [0.15, 0.2) is 41.4 Å². The van der Waals surface area contributed by atoms with Crippen molar-refractivity contribution >= 4 is 17.7 Å². The Morgan fingerprint density at radius 2 is 2.20 bits per heavy atom. The van der Waals surface area contributed by atoms with Gasteiger partial charge in [0, 0.05) is 24.7 Å². The summed E-state index contributed by atoms with van der Waals surface area (Å²) in [4.78, 5) is 17.8. The van der Waals surface area contributed by atoms with Gasteiger partial charge in [0.25, 0.3) is 5.91 Å². The molecule has 20 heavy (non-hydrogen) atoms. The first-order valence-electron chi connectivity index (χ1n) is 6.25. The number of ether oxygens (including phenoxy) is 1. The van der Waals surface area contributed by atoms with E-state index in [1.807, 2.05) is 30.5 Å². The van der Waals surface area contributed by atoms with Crippen molar-refractivity contribution in [1.82, 2.24) is 9.88 Å². The van der Waals surface area contributed by atoms with E-state index in [9.17, 15) is 4.79 Å². The average molecular weight is 290 g/mol. The minimum absolute atomic E-state index is 0.0251. The van der Waals surface area contributed by atoms with E-state index in [0.717, 1.165) is 16.2 Å². The summed E-state index contributed by atoms with van der Waals surface area (Å²) in [6.45, 7) is 0.545. The van der Waals surface area contributed by atoms with E-state index in [1.54, 1.807) is 43.1 Å². The van der Waals surface area contributed by atoms with Crippen molar-refractivity contribution in [1.29, 1.82) is 0 Å². The number of hydrogen-bond donors (Lipinski definition) is 1. The number of amides is 1. The smallest absolute Gasteiger partial charge is 0.270 e. The molecule has 2 aromatic rings. The standard InChI is InChI=1S/C15H18N2O2S/c1-17(15(18)12-5-4-8-16-12)10-11-6-7-14(20-3)13(9-11)19-2/h4-9,16H,10H2,1-3H3. The summed E-state index contributed by atoms with van der Waals surface area (Å²) in [6, 6.07) is 9.61. The molecule has 0 radical (unpaired) electrons. The highest BCUT2D eigenvalue weighted by molar-refractivity contribution is 7.98. The van der Waals surface area contributed by atoms with Crippen LogP contribution in [0.1, 0.15) is 16.1 Å². The topological polar surface area (TPSA) is 45.3 Å². The summed E-state index contributed by atoms with van der Waals surface area (Å²) in [5, 5.41) is 0. The second kappa shape index (κ2) is 6.52. The van der Waals surface area contributed by atoms with Crippen molar-refractivity contribution in [3.8, 4) is 5.75 Å². The number of hydrogen-bond acceptors (Lipinski definition) is 3. The Hall–Kier alpha value is -1.88. The number of carbonyl (C=O) groups is 1. The molecule has 1 N–H and O–H groups in total. The van der Waals surface area contributed by atoms with Gasteiger partial charge in [-0.25, -0.2) is 0 Å². The molecule has 5 heteroatoms. The largest absolute Gasteiger partial charge is 0.496 e. The molecule has 2 rings (SSSR count). The van der Waals surface area contributed by atoms with Gasteiger partial charge in [-0.3, -0.25) is 4.79 Å². The lowest BCUT2D eigenvalue weighted by molar-refractivity contribution is 0.0780. The molecule has 0 atom stereocenters. The Balaban J connectivity index is 2.11. The first-order valence-corrected chi connectivity index (χ1v) is 7.48. The van der Waals surface area contributed by atoms with Crippen LogP contribution < -0.4 is 4.74 Å². The van der Waals surface area contributed by atoms with E-state index < -0.39 is 0 Å². The maximum Gasteiger partial charge on any atom is 0.270 e. The fraction of sp³-hybridized carbons (Fsp3) is 0.267. The number of aromatic amines is 1. The second-order valence-electron chi connectivity index (χ2n) is 4.43. The summed E-state index contributed by atoms with van der Waals surface area (Å²) in [7, 11) is 3.45. The molecule has 4 nitrogen and oxygen atoms in total. The normalized spacial score (nSPS) is 10.3. The molecule has 0 fully saturated rings. The molecule has 106 valence electrons. The van der Waals surface area contributed by atoms with Crippen molar-refractivity contribution in [2.75, 3.05) is 20.4 Å². The lowest BCUT2D eigenvalue weighted by Gasteiger charge is -2.17. The number of methoxy groups -OCH3 is 1. The Bertz CT molecular complexity index is 582. The van der Waals surface area contributed by atoms with E-state index in [4.69, 9.17) is 4.74 Å². The molecule has 0 aliphatic heterocycles. The molecule has 0 aliphatic rings. The molecule has 1 amide bonds. The fourth-order valence-electron chi connectivity index (χ4n) is 1.99. The Labute approximate surface area is 123 Å². The number of nitrogens with one attached hydrogen (secondary N) is 1. The molecule has 0 saturated heterocycles. The van der Waals surface area contributed by atoms with Crippen LogP contribution in [-0.2, 0) is 6.54 Å². The van der Waals surface area contributed by atoms with Crippen molar-refractivity contribution in [3.63, 3.8) is 0 Å². The minimum atomic E-state index is -0.0251. The monoisotopic (exact) mass is 290 g/mol. The van der Waals surface area contributed by atoms with E-state index in [2.05, 4.69) is 4.98 Å². The zero-order chi connectivity index (χ0) is 14.5. The van der Waals surface area contributed by atoms with Gasteiger partial charge in [0.15, 0.2) is 0 Å². The first-order chi connectivity index (χ1) is 9.65. The third kappa shape index (κ3) is 3.17. The van der Waals surface area contributed by atoms with Crippen LogP contribution in [0.5, 0.6) is 5.75 Å². The van der Waals surface area contributed by atoms with Gasteiger partial charge in [-0.1, -0.05) is 6.07 Å². The number of rotatable bonds is 5. The SMILES string of the molecule is COc1cc(CN(C)C(=O)c2ccc[nH]2)ccc1SC. The van der Waals surface area contributed by atoms with Gasteiger partial charge >= 0.3 is 0 Å². The summed E-state index contributed by atoms with van der Waals surface area (Å²) in [5.41, 5.74) is 1.64. The van der Waals surface area contributed by atoms with Gasteiger partial charge in [0.2, 0.25) is 0 Å². The molecule has 1 heterocycles. The molecular formula is C15H18N2O2S. The summed E-state index contributed by atoms with van der Waals surface area (Å²) >= 11 is 1.64. The van der Waals surface area contributed by atoms with E-state index >= 15 is 0 Å². The number of H-pyrrole nitrogens is 1. The summed E-state index contributed by atoms with van der Waals surface area (Å²) in [5.74, 6) is 0.818. The minimum Gasteiger partial charge on any atom is -0.496 e. The quantitative estimate of drug-likeness (QED) is 0.861. The maximum atomic E-state index is 12.1. The molecule has 0 aliphatic carbocycles. The first kappa shape index (κ1) is 14.5. The van der Waals surface area contributed by atoms with Gasteiger partial charge in [0.05, 0.1) is 7.11 Å². The highest BCUT2D eigenvalue weighted by Gasteiger charge is 2.13. The van der Waals surface area contributed by atoms with E-state index in [1.165, 1.54) is 0 Å². The van der Waals surface area contributed by atoms with Crippen LogP contribution in [0.3, 0.4) is 0 Å². The number of benzene rings is 1. The third-order valence-corrected chi connectivity index (χ3v) is 3.82. The van der Waals surface area contributed by atoms with Gasteiger partial charge < -0.3 is 14.6 Å². The van der Waals surface area contributed by atoms with Crippen LogP contribution in [-0.4, -0.2) is 36.2 Å². The molecule has 0 spiro atoms. The van der Waals surface area contributed by atoms with Crippen molar-refractivity contribution < 1.29 is 9.53 Å². The number of nitrogens with zero attached hydrogens (tertiary/aromatic N) is 1. The molecule has 0 bridgehead atoms. The zero-order valence-electron chi connectivity index (χ0n) is 11.8. The van der Waals surface area contributed by atoms with E-state index in [-0.39, 0.29) is 5.91 Å². The van der Waals surface area contributed by atoms with E-state index in [0.29, 0.717) is 12.2 Å². The molecule has 0 saturated carbocycles. The average Bonchev–Trinajstić information content (AvgIpc) is 3.00. The molecule has 0 unspecified atom stereocenters. The number of thioether (sulfide) groups is 1. The maximum absolute atomic E-state index is 12.1. The Morgan fingerprint density at radius 3 is 2.80 bits per heavy atom. The van der Waals surface area contributed by atoms with Gasteiger partial charge in [-0.2, -0.15) is 0 Å². The lowest BCUT2D eigenvalue weighted by atomic mass is 10.2. The Kier molecular flexibility index (Phi) is 4.74. The van der Waals surface area contributed by atoms with Gasteiger partial charge in [0.1, 0.15) is 11.4 Å². The second-order valence-corrected chi connectivity index (χ2v) is 5.28. The van der Waals surface area contributed by atoms with Crippen molar-refractivity contribution in [2.45, 2.75) is 11.4 Å². The highest BCUT2D eigenvalue weighted by atomic mass is 32.2. The van der Waals surface area contributed by atoms with Gasteiger partial charge in [-0.05, 0) is 36.1 Å². The summed E-state index contributed by atoms with van der Waals surface area (Å²) in [6.07, 6.45) is 3.76. The summed E-state index contributed by atoms with van der Waals surface area (Å²) < 4.78 is 5.36. The van der Waals surface area contributed by atoms with Crippen LogP contribution >= 0.6 is 11.8 Å². The predicted molar refractivity (Wildman–Crippen MR) is 81.4 cm³/mol. The van der Waals surface area contributed by atoms with Crippen LogP contribution in [0.4, 0.5) is 0 Å². The van der Waals surface area contributed by atoms with Crippen LogP contribution in [0, 0.1) is 0 Å². The van der Waals surface area contributed by atoms with Crippen LogP contribution in [0.2, 0.25) is 0 Å². The predicted octanol–water partition coefficient (Wildman–Crippen LogP) is 3.02. The van der Waals surface area contributed by atoms with Gasteiger partial charge in [-0.15, -0.1) is 11.8 Å².